The van der Waals surface area contributed by atoms with Crippen molar-refractivity contribution in [1.29, 1.82) is 0 Å². The van der Waals surface area contributed by atoms with Crippen LogP contribution in [0, 0.1) is 5.41 Å². The van der Waals surface area contributed by atoms with Gasteiger partial charge in [0.2, 0.25) is 0 Å². The van der Waals surface area contributed by atoms with Gasteiger partial charge >= 0.3 is 0 Å². The van der Waals surface area contributed by atoms with Gasteiger partial charge in [0, 0.05) is 18.1 Å². The van der Waals surface area contributed by atoms with Crippen LogP contribution in [0.15, 0.2) is 0 Å². The summed E-state index contributed by atoms with van der Waals surface area (Å²) < 4.78 is 5.70. The number of fused-ring (bicyclic) bond motifs is 1. The largest absolute Gasteiger partial charge is 0.381 e. The van der Waals surface area contributed by atoms with Crippen LogP contribution in [0.1, 0.15) is 39.0 Å². The maximum atomic E-state index is 5.70. The smallest absolute Gasteiger partial charge is 0.0537 e. The fourth-order valence-electron chi connectivity index (χ4n) is 3.48. The number of ether oxygens (including phenoxy) is 1. The Kier molecular flexibility index (Phi) is 3.13. The van der Waals surface area contributed by atoms with E-state index >= 15 is 0 Å². The van der Waals surface area contributed by atoms with Crippen LogP contribution in [-0.4, -0.2) is 37.7 Å². The van der Waals surface area contributed by atoms with E-state index in [1.165, 1.54) is 38.6 Å². The summed E-state index contributed by atoms with van der Waals surface area (Å²) in [5.74, 6) is 0. The fraction of sp³-hybridized carbons (Fsp3) is 1.00. The molecule has 2 fully saturated rings. The Morgan fingerprint density at radius 2 is 2.14 bits per heavy atom. The standard InChI is InChI=1S/C12H23NO/c1-3-14-10-12-7-4-6-11(12)13(2)9-5-8-12/h11H,3-10H2,1-2H3/t11-,12+/m1/s1. The Balaban J connectivity index is 2.05. The number of piperidine rings is 1. The van der Waals surface area contributed by atoms with Gasteiger partial charge in [0.15, 0.2) is 0 Å². The molecule has 0 aromatic rings. The summed E-state index contributed by atoms with van der Waals surface area (Å²) in [5, 5.41) is 0. The van der Waals surface area contributed by atoms with E-state index in [4.69, 9.17) is 4.74 Å². The van der Waals surface area contributed by atoms with Gasteiger partial charge in [-0.2, -0.15) is 0 Å². The third kappa shape index (κ3) is 1.70. The van der Waals surface area contributed by atoms with Crippen LogP contribution in [0.5, 0.6) is 0 Å². The van der Waals surface area contributed by atoms with Gasteiger partial charge in [-0.25, -0.2) is 0 Å². The Hall–Kier alpha value is -0.0800. The highest BCUT2D eigenvalue weighted by Gasteiger charge is 2.46. The molecule has 1 aliphatic heterocycles. The Bertz CT molecular complexity index is 195. The van der Waals surface area contributed by atoms with Gasteiger partial charge in [-0.1, -0.05) is 6.42 Å². The van der Waals surface area contributed by atoms with Gasteiger partial charge in [0.1, 0.15) is 0 Å². The topological polar surface area (TPSA) is 12.5 Å². The third-order valence-corrected chi connectivity index (χ3v) is 4.17. The van der Waals surface area contributed by atoms with Crippen LogP contribution in [0.2, 0.25) is 0 Å². The zero-order valence-corrected chi connectivity index (χ0v) is 9.59. The predicted octanol–water partition coefficient (Wildman–Crippen LogP) is 2.29. The van der Waals surface area contributed by atoms with E-state index in [1.807, 2.05) is 0 Å². The van der Waals surface area contributed by atoms with Crippen molar-refractivity contribution in [2.75, 3.05) is 26.8 Å². The lowest BCUT2D eigenvalue weighted by Crippen LogP contribution is -2.49. The molecule has 0 N–H and O–H groups in total. The van der Waals surface area contributed by atoms with Gasteiger partial charge in [0.25, 0.3) is 0 Å². The number of rotatable bonds is 3. The molecule has 0 spiro atoms. The van der Waals surface area contributed by atoms with E-state index in [0.29, 0.717) is 5.41 Å². The molecule has 2 rings (SSSR count). The molecule has 0 aromatic carbocycles. The molecule has 0 bridgehead atoms. The molecule has 0 aromatic heterocycles. The van der Waals surface area contributed by atoms with Crippen LogP contribution in [0.25, 0.3) is 0 Å². The maximum absolute atomic E-state index is 5.70. The third-order valence-electron chi connectivity index (χ3n) is 4.17. The van der Waals surface area contributed by atoms with Crippen molar-refractivity contribution in [1.82, 2.24) is 4.90 Å². The molecule has 1 saturated heterocycles. The summed E-state index contributed by atoms with van der Waals surface area (Å²) in [4.78, 5) is 2.56. The van der Waals surface area contributed by atoms with E-state index in [-0.39, 0.29) is 0 Å². The average molecular weight is 197 g/mol. The van der Waals surface area contributed by atoms with Gasteiger partial charge in [-0.05, 0) is 46.2 Å². The minimum absolute atomic E-state index is 0.517. The molecule has 1 heterocycles. The van der Waals surface area contributed by atoms with Crippen molar-refractivity contribution < 1.29 is 4.74 Å². The number of nitrogens with zero attached hydrogens (tertiary/aromatic N) is 1. The first kappa shape index (κ1) is 10.4. The molecule has 1 aliphatic carbocycles. The van der Waals surface area contributed by atoms with Crippen molar-refractivity contribution in [3.63, 3.8) is 0 Å². The zero-order valence-electron chi connectivity index (χ0n) is 9.59. The van der Waals surface area contributed by atoms with Gasteiger partial charge in [-0.15, -0.1) is 0 Å². The second kappa shape index (κ2) is 4.19. The minimum atomic E-state index is 0.517. The molecule has 2 atom stereocenters. The number of hydrogen-bond donors (Lipinski definition) is 0. The molecule has 0 radical (unpaired) electrons. The van der Waals surface area contributed by atoms with Crippen LogP contribution < -0.4 is 0 Å². The normalized spacial score (nSPS) is 38.6. The Morgan fingerprint density at radius 1 is 1.36 bits per heavy atom. The van der Waals surface area contributed by atoms with Crippen molar-refractivity contribution in [2.24, 2.45) is 5.41 Å². The molecule has 2 nitrogen and oxygen atoms in total. The first-order chi connectivity index (χ1) is 6.78. The minimum Gasteiger partial charge on any atom is -0.381 e. The maximum Gasteiger partial charge on any atom is 0.0537 e. The van der Waals surface area contributed by atoms with Crippen molar-refractivity contribution in [3.05, 3.63) is 0 Å². The second-order valence-electron chi connectivity index (χ2n) is 4.99. The van der Waals surface area contributed by atoms with Crippen molar-refractivity contribution >= 4 is 0 Å². The van der Waals surface area contributed by atoms with Gasteiger partial charge in [-0.3, -0.25) is 0 Å². The van der Waals surface area contributed by atoms with E-state index in [9.17, 15) is 0 Å². The highest BCUT2D eigenvalue weighted by Crippen LogP contribution is 2.47. The molecule has 0 unspecified atom stereocenters. The van der Waals surface area contributed by atoms with Crippen molar-refractivity contribution in [2.45, 2.75) is 45.1 Å². The van der Waals surface area contributed by atoms with Crippen LogP contribution in [0.4, 0.5) is 0 Å². The summed E-state index contributed by atoms with van der Waals surface area (Å²) in [7, 11) is 2.29. The molecular formula is C12H23NO. The van der Waals surface area contributed by atoms with E-state index in [2.05, 4.69) is 18.9 Å². The lowest BCUT2D eigenvalue weighted by Gasteiger charge is -2.44. The molecule has 2 aliphatic rings. The van der Waals surface area contributed by atoms with E-state index in [0.717, 1.165) is 19.3 Å². The number of hydrogen-bond acceptors (Lipinski definition) is 2. The van der Waals surface area contributed by atoms with E-state index in [1.54, 1.807) is 0 Å². The average Bonchev–Trinajstić information content (AvgIpc) is 2.60. The van der Waals surface area contributed by atoms with Gasteiger partial charge in [0.05, 0.1) is 6.61 Å². The molecule has 0 amide bonds. The van der Waals surface area contributed by atoms with E-state index < -0.39 is 0 Å². The molecular weight excluding hydrogens is 174 g/mol. The lowest BCUT2D eigenvalue weighted by atomic mass is 9.76. The van der Waals surface area contributed by atoms with Crippen molar-refractivity contribution in [3.8, 4) is 0 Å². The SMILES string of the molecule is CCOC[C@@]12CCC[C@H]1N(C)CCC2. The Morgan fingerprint density at radius 3 is 2.93 bits per heavy atom. The summed E-state index contributed by atoms with van der Waals surface area (Å²) in [6.07, 6.45) is 6.94. The highest BCUT2D eigenvalue weighted by atomic mass is 16.5. The molecule has 1 saturated carbocycles. The van der Waals surface area contributed by atoms with Crippen LogP contribution in [0.3, 0.4) is 0 Å². The van der Waals surface area contributed by atoms with Gasteiger partial charge < -0.3 is 9.64 Å². The summed E-state index contributed by atoms with van der Waals surface area (Å²) in [6.45, 7) is 5.27. The summed E-state index contributed by atoms with van der Waals surface area (Å²) in [6, 6.07) is 0.808. The fourth-order valence-corrected chi connectivity index (χ4v) is 3.48. The lowest BCUT2D eigenvalue weighted by molar-refractivity contribution is -0.0230. The number of likely N-dealkylation sites (tertiary alicyclic amines) is 1. The molecule has 82 valence electrons. The zero-order chi connectivity index (χ0) is 10.0. The predicted molar refractivity (Wildman–Crippen MR) is 58.4 cm³/mol. The summed E-state index contributed by atoms with van der Waals surface area (Å²) >= 11 is 0. The quantitative estimate of drug-likeness (QED) is 0.688. The monoisotopic (exact) mass is 197 g/mol. The first-order valence-corrected chi connectivity index (χ1v) is 6.06. The van der Waals surface area contributed by atoms with Crippen LogP contribution in [-0.2, 0) is 4.74 Å². The highest BCUT2D eigenvalue weighted by molar-refractivity contribution is 4.99. The Labute approximate surface area is 87.6 Å². The second-order valence-corrected chi connectivity index (χ2v) is 4.99. The molecule has 14 heavy (non-hydrogen) atoms. The first-order valence-electron chi connectivity index (χ1n) is 6.06. The summed E-state index contributed by atoms with van der Waals surface area (Å²) in [5.41, 5.74) is 0.517. The van der Waals surface area contributed by atoms with Crippen LogP contribution >= 0.6 is 0 Å². The molecule has 2 heteroatoms.